The van der Waals surface area contributed by atoms with Crippen LogP contribution in [0, 0.1) is 6.92 Å². The molecule has 1 aromatic carbocycles. The zero-order valence-corrected chi connectivity index (χ0v) is 12.0. The molecule has 1 aromatic heterocycles. The number of ether oxygens (including phenoxy) is 1. The number of carbonyl (C=O) groups excluding carboxylic acids is 1. The van der Waals surface area contributed by atoms with Crippen LogP contribution in [0.25, 0.3) is 0 Å². The quantitative estimate of drug-likeness (QED) is 0.884. The third kappa shape index (κ3) is 4.29. The van der Waals surface area contributed by atoms with E-state index in [1.165, 1.54) is 0 Å². The van der Waals surface area contributed by atoms with Gasteiger partial charge in [-0.05, 0) is 43.7 Å². The van der Waals surface area contributed by atoms with Gasteiger partial charge in [-0.2, -0.15) is 0 Å². The lowest BCUT2D eigenvalue weighted by Gasteiger charge is -2.15. The van der Waals surface area contributed by atoms with E-state index in [1.807, 2.05) is 13.0 Å². The highest BCUT2D eigenvalue weighted by Crippen LogP contribution is 2.15. The van der Waals surface area contributed by atoms with E-state index in [2.05, 4.69) is 10.3 Å². The van der Waals surface area contributed by atoms with Crippen molar-refractivity contribution in [3.05, 3.63) is 53.9 Å². The van der Waals surface area contributed by atoms with Crippen molar-refractivity contribution in [1.29, 1.82) is 0 Å². The molecule has 0 fully saturated rings. The summed E-state index contributed by atoms with van der Waals surface area (Å²) in [5, 5.41) is 11.8. The number of hydrogen-bond donors (Lipinski definition) is 2. The first-order chi connectivity index (χ1) is 10.1. The Bertz CT molecular complexity index is 611. The largest absolute Gasteiger partial charge is 0.481 e. The number of aliphatic hydroxyl groups excluding tert-OH is 1. The Balaban J connectivity index is 1.97. The molecule has 5 heteroatoms. The number of hydrogen-bond acceptors (Lipinski definition) is 4. The van der Waals surface area contributed by atoms with Crippen LogP contribution in [0.3, 0.4) is 0 Å². The summed E-state index contributed by atoms with van der Waals surface area (Å²) >= 11 is 0. The lowest BCUT2D eigenvalue weighted by Crippen LogP contribution is -2.30. The third-order valence-electron chi connectivity index (χ3n) is 2.94. The Labute approximate surface area is 123 Å². The summed E-state index contributed by atoms with van der Waals surface area (Å²) in [6.07, 6.45) is 0.951. The molecule has 110 valence electrons. The molecule has 2 rings (SSSR count). The van der Waals surface area contributed by atoms with Crippen LogP contribution in [0.2, 0.25) is 0 Å². The second-order valence-corrected chi connectivity index (χ2v) is 4.74. The minimum absolute atomic E-state index is 0.0627. The van der Waals surface area contributed by atoms with E-state index in [9.17, 15) is 4.79 Å². The molecule has 0 aliphatic heterocycles. The van der Waals surface area contributed by atoms with Crippen LogP contribution in [0.4, 0.5) is 5.69 Å². The molecule has 1 heterocycles. The van der Waals surface area contributed by atoms with Crippen LogP contribution in [0.15, 0.2) is 42.6 Å². The second kappa shape index (κ2) is 6.85. The van der Waals surface area contributed by atoms with Crippen LogP contribution in [0.5, 0.6) is 5.75 Å². The maximum absolute atomic E-state index is 12.0. The number of rotatable bonds is 5. The van der Waals surface area contributed by atoms with E-state index in [-0.39, 0.29) is 12.5 Å². The average Bonchev–Trinajstić information content (AvgIpc) is 2.49. The molecular weight excluding hydrogens is 268 g/mol. The lowest BCUT2D eigenvalue weighted by atomic mass is 10.2. The number of aliphatic hydroxyl groups is 1. The van der Waals surface area contributed by atoms with Gasteiger partial charge in [0, 0.05) is 5.69 Å². The number of amides is 1. The van der Waals surface area contributed by atoms with Crippen molar-refractivity contribution in [2.24, 2.45) is 0 Å². The molecule has 1 amide bonds. The molecule has 5 nitrogen and oxygen atoms in total. The van der Waals surface area contributed by atoms with E-state index in [0.717, 1.165) is 11.3 Å². The topological polar surface area (TPSA) is 71.5 Å². The average molecular weight is 286 g/mol. The van der Waals surface area contributed by atoms with E-state index in [4.69, 9.17) is 9.84 Å². The van der Waals surface area contributed by atoms with Crippen LogP contribution in [0.1, 0.15) is 18.2 Å². The van der Waals surface area contributed by atoms with Gasteiger partial charge in [-0.25, -0.2) is 0 Å². The molecule has 2 aromatic rings. The van der Waals surface area contributed by atoms with Gasteiger partial charge in [0.05, 0.1) is 18.5 Å². The van der Waals surface area contributed by atoms with Crippen molar-refractivity contribution in [3.63, 3.8) is 0 Å². The number of anilines is 1. The normalized spacial score (nSPS) is 11.8. The number of aryl methyl sites for hydroxylation is 1. The molecule has 0 saturated heterocycles. The molecule has 0 aliphatic carbocycles. The SMILES string of the molecule is Cc1ccc(NC(=O)C(C)Oc2cccc(CO)c2)cn1. The molecule has 0 radical (unpaired) electrons. The molecule has 0 saturated carbocycles. The van der Waals surface area contributed by atoms with Gasteiger partial charge in [0.25, 0.3) is 5.91 Å². The highest BCUT2D eigenvalue weighted by molar-refractivity contribution is 5.93. The van der Waals surface area contributed by atoms with E-state index >= 15 is 0 Å². The van der Waals surface area contributed by atoms with Gasteiger partial charge in [0.15, 0.2) is 6.10 Å². The molecule has 2 N–H and O–H groups in total. The van der Waals surface area contributed by atoms with Gasteiger partial charge in [0.2, 0.25) is 0 Å². The Kier molecular flexibility index (Phi) is 4.90. The minimum atomic E-state index is -0.653. The van der Waals surface area contributed by atoms with E-state index in [0.29, 0.717) is 11.4 Å². The maximum atomic E-state index is 12.0. The smallest absolute Gasteiger partial charge is 0.265 e. The molecule has 21 heavy (non-hydrogen) atoms. The maximum Gasteiger partial charge on any atom is 0.265 e. The molecule has 1 unspecified atom stereocenters. The Hall–Kier alpha value is -2.40. The zero-order chi connectivity index (χ0) is 15.2. The molecule has 1 atom stereocenters. The number of nitrogens with one attached hydrogen (secondary N) is 1. The van der Waals surface area contributed by atoms with Gasteiger partial charge in [0.1, 0.15) is 5.75 Å². The number of pyridine rings is 1. The summed E-state index contributed by atoms with van der Waals surface area (Å²) in [4.78, 5) is 16.2. The van der Waals surface area contributed by atoms with Crippen LogP contribution in [-0.4, -0.2) is 22.1 Å². The van der Waals surface area contributed by atoms with Crippen molar-refractivity contribution < 1.29 is 14.6 Å². The van der Waals surface area contributed by atoms with Crippen molar-refractivity contribution in [3.8, 4) is 5.75 Å². The third-order valence-corrected chi connectivity index (χ3v) is 2.94. The van der Waals surface area contributed by atoms with Crippen LogP contribution >= 0.6 is 0 Å². The monoisotopic (exact) mass is 286 g/mol. The molecule has 0 bridgehead atoms. The summed E-state index contributed by atoms with van der Waals surface area (Å²) in [5.41, 5.74) is 2.26. The lowest BCUT2D eigenvalue weighted by molar-refractivity contribution is -0.122. The summed E-state index contributed by atoms with van der Waals surface area (Å²) in [5.74, 6) is 0.293. The van der Waals surface area contributed by atoms with Crippen LogP contribution < -0.4 is 10.1 Å². The highest BCUT2D eigenvalue weighted by Gasteiger charge is 2.15. The predicted octanol–water partition coefficient (Wildman–Crippen LogP) is 2.29. The van der Waals surface area contributed by atoms with Gasteiger partial charge >= 0.3 is 0 Å². The number of benzene rings is 1. The molecule has 0 aliphatic rings. The van der Waals surface area contributed by atoms with Gasteiger partial charge in [-0.15, -0.1) is 0 Å². The fourth-order valence-corrected chi connectivity index (χ4v) is 1.76. The van der Waals surface area contributed by atoms with Crippen LogP contribution in [-0.2, 0) is 11.4 Å². The van der Waals surface area contributed by atoms with E-state index in [1.54, 1.807) is 43.5 Å². The second-order valence-electron chi connectivity index (χ2n) is 4.74. The molecule has 0 spiro atoms. The zero-order valence-electron chi connectivity index (χ0n) is 12.0. The fourth-order valence-electron chi connectivity index (χ4n) is 1.76. The summed E-state index contributed by atoms with van der Waals surface area (Å²) < 4.78 is 5.57. The Morgan fingerprint density at radius 3 is 2.86 bits per heavy atom. The summed E-state index contributed by atoms with van der Waals surface area (Å²) in [6.45, 7) is 3.49. The number of aromatic nitrogens is 1. The summed E-state index contributed by atoms with van der Waals surface area (Å²) in [7, 11) is 0. The standard InChI is InChI=1S/C16H18N2O3/c1-11-6-7-14(9-17-11)18-16(20)12(2)21-15-5-3-4-13(8-15)10-19/h3-9,12,19H,10H2,1-2H3,(H,18,20). The van der Waals surface area contributed by atoms with Gasteiger partial charge in [-0.3, -0.25) is 9.78 Å². The van der Waals surface area contributed by atoms with Crippen molar-refractivity contribution in [1.82, 2.24) is 4.98 Å². The van der Waals surface area contributed by atoms with Gasteiger partial charge < -0.3 is 15.2 Å². The highest BCUT2D eigenvalue weighted by atomic mass is 16.5. The van der Waals surface area contributed by atoms with Gasteiger partial charge in [-0.1, -0.05) is 12.1 Å². The van der Waals surface area contributed by atoms with Crippen molar-refractivity contribution in [2.75, 3.05) is 5.32 Å². The number of nitrogens with zero attached hydrogens (tertiary/aromatic N) is 1. The first-order valence-corrected chi connectivity index (χ1v) is 6.68. The number of carbonyl (C=O) groups is 1. The molecular formula is C16H18N2O3. The Morgan fingerprint density at radius 1 is 1.38 bits per heavy atom. The van der Waals surface area contributed by atoms with Crippen molar-refractivity contribution >= 4 is 11.6 Å². The first kappa shape index (κ1) is 15.0. The summed E-state index contributed by atoms with van der Waals surface area (Å²) in [6, 6.07) is 10.6. The van der Waals surface area contributed by atoms with E-state index < -0.39 is 6.10 Å². The Morgan fingerprint density at radius 2 is 2.19 bits per heavy atom. The van der Waals surface area contributed by atoms with Crippen molar-refractivity contribution in [2.45, 2.75) is 26.6 Å². The minimum Gasteiger partial charge on any atom is -0.481 e. The first-order valence-electron chi connectivity index (χ1n) is 6.68. The predicted molar refractivity (Wildman–Crippen MR) is 80.1 cm³/mol. The fraction of sp³-hybridized carbons (Fsp3) is 0.250.